The van der Waals surface area contributed by atoms with Gasteiger partial charge in [0.15, 0.2) is 0 Å². The van der Waals surface area contributed by atoms with Crippen LogP contribution in [0.5, 0.6) is 0 Å². The predicted molar refractivity (Wildman–Crippen MR) is 103 cm³/mol. The number of thioether (sulfide) groups is 1. The summed E-state index contributed by atoms with van der Waals surface area (Å²) in [6.45, 7) is 7.23. The van der Waals surface area contributed by atoms with Gasteiger partial charge in [0.2, 0.25) is 0 Å². The summed E-state index contributed by atoms with van der Waals surface area (Å²) in [6.07, 6.45) is 12.3. The van der Waals surface area contributed by atoms with Crippen LogP contribution < -0.4 is 0 Å². The molecule has 0 amide bonds. The van der Waals surface area contributed by atoms with Gasteiger partial charge in [-0.2, -0.15) is 11.8 Å². The number of ether oxygens (including phenoxy) is 3. The van der Waals surface area contributed by atoms with Crippen LogP contribution in [0.1, 0.15) is 71.6 Å². The molecule has 0 spiro atoms. The van der Waals surface area contributed by atoms with Crippen molar-refractivity contribution in [3.05, 3.63) is 0 Å². The lowest BCUT2D eigenvalue weighted by Gasteiger charge is -2.18. The maximum atomic E-state index is 6.04. The van der Waals surface area contributed by atoms with E-state index in [1.807, 2.05) is 0 Å². The van der Waals surface area contributed by atoms with Crippen molar-refractivity contribution in [2.24, 2.45) is 0 Å². The van der Waals surface area contributed by atoms with E-state index in [0.29, 0.717) is 32.5 Å². The molecule has 0 aliphatic heterocycles. The van der Waals surface area contributed by atoms with Crippen LogP contribution in [-0.2, 0) is 14.2 Å². The first-order chi connectivity index (χ1) is 11.3. The molecule has 0 aliphatic rings. The first-order valence-electron chi connectivity index (χ1n) is 9.61. The largest absolute Gasteiger partial charge is 0.382 e. The maximum absolute atomic E-state index is 6.04. The predicted octanol–water partition coefficient (Wildman–Crippen LogP) is 5.32. The minimum Gasteiger partial charge on any atom is -0.382 e. The van der Waals surface area contributed by atoms with Crippen molar-refractivity contribution in [3.63, 3.8) is 0 Å². The van der Waals surface area contributed by atoms with E-state index in [0.717, 1.165) is 5.75 Å². The summed E-state index contributed by atoms with van der Waals surface area (Å²) in [5.74, 6) is 2.41. The average Bonchev–Trinajstić information content (AvgIpc) is 2.57. The SMILES string of the molecule is CCCCCCSC[C@@H](CCCCCC)OCCOCCOC. The Bertz CT molecular complexity index is 199. The van der Waals surface area contributed by atoms with Crippen LogP contribution in [0.4, 0.5) is 0 Å². The fraction of sp³-hybridized carbons (Fsp3) is 1.00. The van der Waals surface area contributed by atoms with Gasteiger partial charge in [-0.3, -0.25) is 0 Å². The van der Waals surface area contributed by atoms with E-state index >= 15 is 0 Å². The quantitative estimate of drug-likeness (QED) is 0.295. The molecule has 0 N–H and O–H groups in total. The number of hydrogen-bond donors (Lipinski definition) is 0. The third kappa shape index (κ3) is 18.4. The van der Waals surface area contributed by atoms with Gasteiger partial charge in [0.05, 0.1) is 32.5 Å². The highest BCUT2D eigenvalue weighted by Gasteiger charge is 2.09. The van der Waals surface area contributed by atoms with Gasteiger partial charge in [0.25, 0.3) is 0 Å². The second-order valence-electron chi connectivity index (χ2n) is 6.08. The number of rotatable bonds is 19. The Hall–Kier alpha value is 0.230. The molecular weight excluding hydrogens is 308 g/mol. The highest BCUT2D eigenvalue weighted by molar-refractivity contribution is 7.99. The fourth-order valence-electron chi connectivity index (χ4n) is 2.38. The second-order valence-corrected chi connectivity index (χ2v) is 7.23. The highest BCUT2D eigenvalue weighted by atomic mass is 32.2. The number of hydrogen-bond acceptors (Lipinski definition) is 4. The molecule has 0 aromatic carbocycles. The molecule has 0 saturated carbocycles. The average molecular weight is 349 g/mol. The topological polar surface area (TPSA) is 27.7 Å². The summed E-state index contributed by atoms with van der Waals surface area (Å²) in [7, 11) is 1.70. The van der Waals surface area contributed by atoms with Crippen molar-refractivity contribution in [2.45, 2.75) is 77.7 Å². The molecule has 0 radical (unpaired) electrons. The van der Waals surface area contributed by atoms with E-state index in [-0.39, 0.29) is 0 Å². The summed E-state index contributed by atoms with van der Waals surface area (Å²) in [5.41, 5.74) is 0. The monoisotopic (exact) mass is 348 g/mol. The van der Waals surface area contributed by atoms with Crippen LogP contribution in [0, 0.1) is 0 Å². The third-order valence-corrected chi connectivity index (χ3v) is 5.02. The molecule has 3 nitrogen and oxygen atoms in total. The van der Waals surface area contributed by atoms with Gasteiger partial charge in [-0.25, -0.2) is 0 Å². The zero-order valence-corrected chi connectivity index (χ0v) is 16.6. The standard InChI is InChI=1S/C19H40O3S/c1-4-6-8-10-12-19(18-23-17-11-9-7-5-2)22-16-15-21-14-13-20-3/h19H,4-18H2,1-3H3/t19-/m1/s1. The normalized spacial score (nSPS) is 12.7. The van der Waals surface area contributed by atoms with Crippen molar-refractivity contribution in [3.8, 4) is 0 Å². The van der Waals surface area contributed by atoms with Gasteiger partial charge in [-0.15, -0.1) is 0 Å². The Morgan fingerprint density at radius 3 is 2.17 bits per heavy atom. The van der Waals surface area contributed by atoms with Crippen molar-refractivity contribution in [1.29, 1.82) is 0 Å². The molecule has 0 saturated heterocycles. The summed E-state index contributed by atoms with van der Waals surface area (Å²) < 4.78 is 16.5. The van der Waals surface area contributed by atoms with E-state index in [2.05, 4.69) is 25.6 Å². The number of methoxy groups -OCH3 is 1. The van der Waals surface area contributed by atoms with Crippen LogP contribution >= 0.6 is 11.8 Å². The minimum atomic E-state index is 0.397. The molecule has 0 rings (SSSR count). The molecule has 0 aliphatic carbocycles. The van der Waals surface area contributed by atoms with Gasteiger partial charge in [-0.05, 0) is 18.6 Å². The van der Waals surface area contributed by atoms with E-state index in [1.165, 1.54) is 63.5 Å². The molecule has 23 heavy (non-hydrogen) atoms. The van der Waals surface area contributed by atoms with Gasteiger partial charge in [0.1, 0.15) is 0 Å². The first-order valence-corrected chi connectivity index (χ1v) is 10.8. The Kier molecular flexibility index (Phi) is 20.5. The Labute approximate surface area is 149 Å². The highest BCUT2D eigenvalue weighted by Crippen LogP contribution is 2.15. The lowest BCUT2D eigenvalue weighted by Crippen LogP contribution is -2.20. The van der Waals surface area contributed by atoms with Gasteiger partial charge < -0.3 is 14.2 Å². The summed E-state index contributed by atoms with van der Waals surface area (Å²) in [4.78, 5) is 0. The molecule has 1 atom stereocenters. The summed E-state index contributed by atoms with van der Waals surface area (Å²) >= 11 is 2.06. The van der Waals surface area contributed by atoms with Crippen molar-refractivity contribution in [2.75, 3.05) is 45.0 Å². The molecule has 0 aromatic heterocycles. The summed E-state index contributed by atoms with van der Waals surface area (Å²) in [5, 5.41) is 0. The lowest BCUT2D eigenvalue weighted by molar-refractivity contribution is -0.00185. The first kappa shape index (κ1) is 23.2. The summed E-state index contributed by atoms with van der Waals surface area (Å²) in [6, 6.07) is 0. The second kappa shape index (κ2) is 20.3. The zero-order chi connectivity index (χ0) is 17.0. The molecule has 0 bridgehead atoms. The molecule has 140 valence electrons. The van der Waals surface area contributed by atoms with E-state index < -0.39 is 0 Å². The molecule has 0 fully saturated rings. The zero-order valence-electron chi connectivity index (χ0n) is 15.8. The van der Waals surface area contributed by atoms with Gasteiger partial charge >= 0.3 is 0 Å². The van der Waals surface area contributed by atoms with Gasteiger partial charge in [0, 0.05) is 12.9 Å². The fourth-order valence-corrected chi connectivity index (χ4v) is 3.48. The Balaban J connectivity index is 3.70. The molecule has 0 heterocycles. The Morgan fingerprint density at radius 2 is 1.48 bits per heavy atom. The van der Waals surface area contributed by atoms with Gasteiger partial charge in [-0.1, -0.05) is 58.8 Å². The van der Waals surface area contributed by atoms with Crippen LogP contribution in [0.2, 0.25) is 0 Å². The van der Waals surface area contributed by atoms with Crippen molar-refractivity contribution < 1.29 is 14.2 Å². The molecule has 4 heteroatoms. The van der Waals surface area contributed by atoms with E-state index in [9.17, 15) is 0 Å². The Morgan fingerprint density at radius 1 is 0.783 bits per heavy atom. The van der Waals surface area contributed by atoms with Crippen LogP contribution in [0.25, 0.3) is 0 Å². The maximum Gasteiger partial charge on any atom is 0.0704 e. The molecule has 0 aromatic rings. The van der Waals surface area contributed by atoms with Crippen LogP contribution in [0.3, 0.4) is 0 Å². The smallest absolute Gasteiger partial charge is 0.0704 e. The van der Waals surface area contributed by atoms with E-state index in [1.54, 1.807) is 7.11 Å². The van der Waals surface area contributed by atoms with Crippen molar-refractivity contribution in [1.82, 2.24) is 0 Å². The number of unbranched alkanes of at least 4 members (excludes halogenated alkanes) is 6. The third-order valence-electron chi connectivity index (χ3n) is 3.84. The van der Waals surface area contributed by atoms with Crippen molar-refractivity contribution >= 4 is 11.8 Å². The minimum absolute atomic E-state index is 0.397. The van der Waals surface area contributed by atoms with Crippen LogP contribution in [0.15, 0.2) is 0 Å². The van der Waals surface area contributed by atoms with Crippen LogP contribution in [-0.4, -0.2) is 51.1 Å². The molecule has 0 unspecified atom stereocenters. The molecular formula is C19H40O3S. The lowest BCUT2D eigenvalue weighted by atomic mass is 10.1. The van der Waals surface area contributed by atoms with E-state index in [4.69, 9.17) is 14.2 Å².